The highest BCUT2D eigenvalue weighted by Crippen LogP contribution is 2.29. The van der Waals surface area contributed by atoms with Crippen molar-refractivity contribution in [3.8, 4) is 0 Å². The van der Waals surface area contributed by atoms with Gasteiger partial charge in [-0.25, -0.2) is 0 Å². The third-order valence-electron chi connectivity index (χ3n) is 3.72. The Bertz CT molecular complexity index is 418. The lowest BCUT2D eigenvalue weighted by atomic mass is 9.80. The Morgan fingerprint density at radius 3 is 2.67 bits per heavy atom. The van der Waals surface area contributed by atoms with Crippen LogP contribution in [0.2, 0.25) is 0 Å². The summed E-state index contributed by atoms with van der Waals surface area (Å²) in [5.41, 5.74) is 0.767. The van der Waals surface area contributed by atoms with Crippen LogP contribution in [0.4, 0.5) is 5.82 Å². The van der Waals surface area contributed by atoms with Crippen molar-refractivity contribution in [2.75, 3.05) is 18.4 Å². The van der Waals surface area contributed by atoms with E-state index in [4.69, 9.17) is 0 Å². The maximum atomic E-state index is 12.3. The first kappa shape index (κ1) is 13.1. The molecule has 100 valence electrons. The van der Waals surface area contributed by atoms with E-state index in [-0.39, 0.29) is 11.3 Å². The SMILES string of the molecule is CC(C)c1cc(NC(=O)C2(C)CCNCC2)n[nH]1. The summed E-state index contributed by atoms with van der Waals surface area (Å²) in [7, 11) is 0. The number of aromatic amines is 1. The van der Waals surface area contributed by atoms with Crippen molar-refractivity contribution >= 4 is 11.7 Å². The maximum Gasteiger partial charge on any atom is 0.231 e. The van der Waals surface area contributed by atoms with Crippen molar-refractivity contribution in [2.24, 2.45) is 5.41 Å². The number of H-pyrrole nitrogens is 1. The summed E-state index contributed by atoms with van der Waals surface area (Å²) in [5.74, 6) is 1.09. The largest absolute Gasteiger partial charge is 0.317 e. The number of carbonyl (C=O) groups excluding carboxylic acids is 1. The molecule has 3 N–H and O–H groups in total. The molecule has 2 heterocycles. The summed E-state index contributed by atoms with van der Waals surface area (Å²) < 4.78 is 0. The van der Waals surface area contributed by atoms with E-state index < -0.39 is 0 Å². The highest BCUT2D eigenvalue weighted by Gasteiger charge is 2.34. The van der Waals surface area contributed by atoms with Crippen LogP contribution in [0, 0.1) is 5.41 Å². The van der Waals surface area contributed by atoms with E-state index in [0.717, 1.165) is 31.6 Å². The number of amides is 1. The minimum atomic E-state index is -0.276. The summed E-state index contributed by atoms with van der Waals surface area (Å²) in [4.78, 5) is 12.3. The standard InChI is InChI=1S/C13H22N4O/c1-9(2)10-8-11(17-16-10)15-12(18)13(3)4-6-14-7-5-13/h8-9,14H,4-7H2,1-3H3,(H2,15,16,17,18). The van der Waals surface area contributed by atoms with Crippen molar-refractivity contribution in [1.82, 2.24) is 15.5 Å². The van der Waals surface area contributed by atoms with Gasteiger partial charge < -0.3 is 10.6 Å². The molecule has 0 atom stereocenters. The Hall–Kier alpha value is -1.36. The fourth-order valence-corrected chi connectivity index (χ4v) is 2.17. The predicted octanol–water partition coefficient (Wildman–Crippen LogP) is 1.86. The fraction of sp³-hybridized carbons (Fsp3) is 0.692. The minimum Gasteiger partial charge on any atom is -0.317 e. The molecular weight excluding hydrogens is 228 g/mol. The maximum absolute atomic E-state index is 12.3. The molecule has 0 radical (unpaired) electrons. The summed E-state index contributed by atoms with van der Waals surface area (Å²) in [6.45, 7) is 8.02. The number of piperidine rings is 1. The molecule has 1 amide bonds. The summed E-state index contributed by atoms with van der Waals surface area (Å²) in [5, 5.41) is 13.3. The van der Waals surface area contributed by atoms with Crippen LogP contribution >= 0.6 is 0 Å². The van der Waals surface area contributed by atoms with Crippen molar-refractivity contribution in [3.63, 3.8) is 0 Å². The second kappa shape index (κ2) is 5.10. The van der Waals surface area contributed by atoms with Gasteiger partial charge in [-0.15, -0.1) is 0 Å². The second-order valence-electron chi connectivity index (χ2n) is 5.63. The summed E-state index contributed by atoms with van der Waals surface area (Å²) >= 11 is 0. The zero-order valence-corrected chi connectivity index (χ0v) is 11.3. The molecule has 1 aliphatic rings. The first-order chi connectivity index (χ1) is 8.51. The average Bonchev–Trinajstić information content (AvgIpc) is 2.78. The molecule has 18 heavy (non-hydrogen) atoms. The van der Waals surface area contributed by atoms with Gasteiger partial charge in [-0.2, -0.15) is 5.10 Å². The van der Waals surface area contributed by atoms with Crippen LogP contribution in [-0.2, 0) is 4.79 Å². The number of nitrogens with zero attached hydrogens (tertiary/aromatic N) is 1. The zero-order valence-electron chi connectivity index (χ0n) is 11.3. The van der Waals surface area contributed by atoms with Crippen molar-refractivity contribution < 1.29 is 4.79 Å². The van der Waals surface area contributed by atoms with E-state index in [9.17, 15) is 4.79 Å². The average molecular weight is 250 g/mol. The summed E-state index contributed by atoms with van der Waals surface area (Å²) in [6.07, 6.45) is 1.75. The monoisotopic (exact) mass is 250 g/mol. The highest BCUT2D eigenvalue weighted by molar-refractivity contribution is 5.94. The van der Waals surface area contributed by atoms with Gasteiger partial charge in [-0.1, -0.05) is 20.8 Å². The van der Waals surface area contributed by atoms with Crippen molar-refractivity contribution in [2.45, 2.75) is 39.5 Å². The quantitative estimate of drug-likeness (QED) is 0.767. The number of carbonyl (C=O) groups is 1. The van der Waals surface area contributed by atoms with Crippen LogP contribution in [0.5, 0.6) is 0 Å². The number of hydrogen-bond donors (Lipinski definition) is 3. The van der Waals surface area contributed by atoms with E-state index in [1.807, 2.05) is 13.0 Å². The first-order valence-corrected chi connectivity index (χ1v) is 6.59. The minimum absolute atomic E-state index is 0.0748. The number of anilines is 1. The van der Waals surface area contributed by atoms with E-state index in [1.54, 1.807) is 0 Å². The smallest absolute Gasteiger partial charge is 0.231 e. The predicted molar refractivity (Wildman–Crippen MR) is 71.5 cm³/mol. The van der Waals surface area contributed by atoms with Gasteiger partial charge in [0.2, 0.25) is 5.91 Å². The molecule has 1 aromatic heterocycles. The molecule has 1 saturated heterocycles. The van der Waals surface area contributed by atoms with Crippen LogP contribution in [-0.4, -0.2) is 29.2 Å². The molecule has 1 fully saturated rings. The molecule has 0 aliphatic carbocycles. The molecule has 5 nitrogen and oxygen atoms in total. The molecule has 0 unspecified atom stereocenters. The van der Waals surface area contributed by atoms with Gasteiger partial charge in [-0.3, -0.25) is 9.89 Å². The van der Waals surface area contributed by atoms with Crippen LogP contribution in [0.25, 0.3) is 0 Å². The Morgan fingerprint density at radius 2 is 2.11 bits per heavy atom. The van der Waals surface area contributed by atoms with Crippen LogP contribution in [0.1, 0.15) is 45.2 Å². The lowest BCUT2D eigenvalue weighted by Crippen LogP contribution is -2.42. The van der Waals surface area contributed by atoms with Gasteiger partial charge in [0.15, 0.2) is 5.82 Å². The van der Waals surface area contributed by atoms with E-state index in [0.29, 0.717) is 11.7 Å². The zero-order chi connectivity index (χ0) is 13.2. The van der Waals surface area contributed by atoms with E-state index >= 15 is 0 Å². The molecule has 1 aliphatic heterocycles. The fourth-order valence-electron chi connectivity index (χ4n) is 2.17. The van der Waals surface area contributed by atoms with Gasteiger partial charge in [0.05, 0.1) is 0 Å². The number of aromatic nitrogens is 2. The molecule has 0 aromatic carbocycles. The normalized spacial score (nSPS) is 18.9. The van der Waals surface area contributed by atoms with Gasteiger partial charge in [0, 0.05) is 17.2 Å². The number of rotatable bonds is 3. The van der Waals surface area contributed by atoms with E-state index in [1.165, 1.54) is 0 Å². The first-order valence-electron chi connectivity index (χ1n) is 6.59. The second-order valence-corrected chi connectivity index (χ2v) is 5.63. The van der Waals surface area contributed by atoms with Crippen LogP contribution < -0.4 is 10.6 Å². The van der Waals surface area contributed by atoms with Crippen molar-refractivity contribution in [1.29, 1.82) is 0 Å². The molecule has 2 rings (SSSR count). The Balaban J connectivity index is 2.01. The Labute approximate surface area is 108 Å². The molecule has 1 aromatic rings. The topological polar surface area (TPSA) is 69.8 Å². The Morgan fingerprint density at radius 1 is 1.44 bits per heavy atom. The lowest BCUT2D eigenvalue weighted by molar-refractivity contribution is -0.126. The van der Waals surface area contributed by atoms with Crippen LogP contribution in [0.3, 0.4) is 0 Å². The molecule has 0 spiro atoms. The highest BCUT2D eigenvalue weighted by atomic mass is 16.2. The third kappa shape index (κ3) is 2.72. The molecular formula is C13H22N4O. The third-order valence-corrected chi connectivity index (χ3v) is 3.72. The summed E-state index contributed by atoms with van der Waals surface area (Å²) in [6, 6.07) is 1.91. The molecule has 0 bridgehead atoms. The Kier molecular flexibility index (Phi) is 3.71. The van der Waals surface area contributed by atoms with Crippen molar-refractivity contribution in [3.05, 3.63) is 11.8 Å². The van der Waals surface area contributed by atoms with Gasteiger partial charge >= 0.3 is 0 Å². The van der Waals surface area contributed by atoms with Crippen LogP contribution in [0.15, 0.2) is 6.07 Å². The lowest BCUT2D eigenvalue weighted by Gasteiger charge is -2.32. The number of hydrogen-bond acceptors (Lipinski definition) is 3. The van der Waals surface area contributed by atoms with Gasteiger partial charge in [-0.05, 0) is 31.8 Å². The number of nitrogens with one attached hydrogen (secondary N) is 3. The molecule has 5 heteroatoms. The van der Waals surface area contributed by atoms with Gasteiger partial charge in [0.25, 0.3) is 0 Å². The molecule has 0 saturated carbocycles. The van der Waals surface area contributed by atoms with E-state index in [2.05, 4.69) is 34.7 Å². The van der Waals surface area contributed by atoms with Gasteiger partial charge in [0.1, 0.15) is 0 Å².